The maximum Gasteiger partial charge on any atom is 0.253 e. The van der Waals surface area contributed by atoms with Gasteiger partial charge in [-0.3, -0.25) is 4.79 Å². The van der Waals surface area contributed by atoms with Gasteiger partial charge < -0.3 is 14.6 Å². The Kier molecular flexibility index (Phi) is 3.75. The SMILES string of the molecule is Cn1ccc(C(=O)N[C@@H]2COC[C@@H]2F)c1-c1ccccc1. The Labute approximate surface area is 122 Å². The molecule has 1 fully saturated rings. The Bertz CT molecular complexity index is 639. The summed E-state index contributed by atoms with van der Waals surface area (Å²) in [6, 6.07) is 10.8. The van der Waals surface area contributed by atoms with E-state index in [1.54, 1.807) is 6.07 Å². The third-order valence-electron chi connectivity index (χ3n) is 3.69. The van der Waals surface area contributed by atoms with Gasteiger partial charge in [0, 0.05) is 13.2 Å². The third kappa shape index (κ3) is 2.69. The lowest BCUT2D eigenvalue weighted by molar-refractivity contribution is 0.0921. The quantitative estimate of drug-likeness (QED) is 0.940. The van der Waals surface area contributed by atoms with Gasteiger partial charge in [0.25, 0.3) is 5.91 Å². The standard InChI is InChI=1S/C16H17FN2O2/c1-19-8-7-12(15(19)11-5-3-2-4-6-11)16(20)18-14-10-21-9-13(14)17/h2-8,13-14H,9-10H2,1H3,(H,18,20)/t13-,14+/m0/s1. The van der Waals surface area contributed by atoms with Gasteiger partial charge in [0.05, 0.1) is 30.5 Å². The first kappa shape index (κ1) is 13.8. The molecule has 2 aromatic rings. The minimum absolute atomic E-state index is 0.0469. The molecule has 1 aromatic heterocycles. The summed E-state index contributed by atoms with van der Waals surface area (Å²) in [5.41, 5.74) is 2.32. The number of ether oxygens (including phenoxy) is 1. The molecule has 0 bridgehead atoms. The zero-order valence-electron chi connectivity index (χ0n) is 11.8. The average Bonchev–Trinajstić information content (AvgIpc) is 3.06. The largest absolute Gasteiger partial charge is 0.376 e. The van der Waals surface area contributed by atoms with Gasteiger partial charge >= 0.3 is 0 Å². The topological polar surface area (TPSA) is 43.3 Å². The number of alkyl halides is 1. The van der Waals surface area contributed by atoms with Crippen molar-refractivity contribution < 1.29 is 13.9 Å². The maximum atomic E-state index is 13.5. The fraction of sp³-hybridized carbons (Fsp3) is 0.312. The van der Waals surface area contributed by atoms with Crippen molar-refractivity contribution in [3.05, 3.63) is 48.2 Å². The van der Waals surface area contributed by atoms with Crippen LogP contribution in [0, 0.1) is 0 Å². The van der Waals surface area contributed by atoms with E-state index in [1.807, 2.05) is 48.1 Å². The molecule has 4 nitrogen and oxygen atoms in total. The number of carbonyl (C=O) groups is 1. The van der Waals surface area contributed by atoms with Crippen LogP contribution in [0.3, 0.4) is 0 Å². The first-order valence-corrected chi connectivity index (χ1v) is 6.90. The van der Waals surface area contributed by atoms with Crippen molar-refractivity contribution in [1.29, 1.82) is 0 Å². The van der Waals surface area contributed by atoms with Gasteiger partial charge in [0.2, 0.25) is 0 Å². The highest BCUT2D eigenvalue weighted by molar-refractivity contribution is 6.00. The summed E-state index contributed by atoms with van der Waals surface area (Å²) >= 11 is 0. The van der Waals surface area contributed by atoms with E-state index in [0.717, 1.165) is 11.3 Å². The van der Waals surface area contributed by atoms with Crippen molar-refractivity contribution in [2.45, 2.75) is 12.2 Å². The zero-order chi connectivity index (χ0) is 14.8. The van der Waals surface area contributed by atoms with Crippen molar-refractivity contribution in [2.75, 3.05) is 13.2 Å². The van der Waals surface area contributed by atoms with Crippen LogP contribution in [0.25, 0.3) is 11.3 Å². The molecule has 5 heteroatoms. The first-order chi connectivity index (χ1) is 10.2. The second-order valence-corrected chi connectivity index (χ2v) is 5.19. The molecule has 1 aliphatic rings. The van der Waals surface area contributed by atoms with Crippen LogP contribution in [0.1, 0.15) is 10.4 Å². The van der Waals surface area contributed by atoms with E-state index in [-0.39, 0.29) is 19.1 Å². The number of carbonyl (C=O) groups excluding carboxylic acids is 1. The van der Waals surface area contributed by atoms with E-state index in [1.165, 1.54) is 0 Å². The molecule has 1 aromatic carbocycles. The van der Waals surface area contributed by atoms with Gasteiger partial charge in [0.15, 0.2) is 0 Å². The van der Waals surface area contributed by atoms with Crippen LogP contribution < -0.4 is 5.32 Å². The summed E-state index contributed by atoms with van der Waals surface area (Å²) in [5.74, 6) is -0.271. The number of nitrogens with zero attached hydrogens (tertiary/aromatic N) is 1. The first-order valence-electron chi connectivity index (χ1n) is 6.90. The van der Waals surface area contributed by atoms with Crippen LogP contribution in [0.4, 0.5) is 4.39 Å². The van der Waals surface area contributed by atoms with Crippen LogP contribution in [0.2, 0.25) is 0 Å². The Morgan fingerprint density at radius 2 is 2.05 bits per heavy atom. The van der Waals surface area contributed by atoms with E-state index in [0.29, 0.717) is 5.56 Å². The predicted molar refractivity (Wildman–Crippen MR) is 77.8 cm³/mol. The van der Waals surface area contributed by atoms with Gasteiger partial charge in [-0.1, -0.05) is 30.3 Å². The number of amides is 1. The fourth-order valence-corrected chi connectivity index (χ4v) is 2.57. The molecule has 2 atom stereocenters. The number of aromatic nitrogens is 1. The summed E-state index contributed by atoms with van der Waals surface area (Å²) in [6.07, 6.45) is 0.688. The number of aryl methyl sites for hydroxylation is 1. The van der Waals surface area contributed by atoms with Crippen LogP contribution >= 0.6 is 0 Å². The molecule has 1 amide bonds. The Morgan fingerprint density at radius 1 is 1.29 bits per heavy atom. The van der Waals surface area contributed by atoms with Crippen LogP contribution in [-0.4, -0.2) is 35.9 Å². The van der Waals surface area contributed by atoms with Crippen molar-refractivity contribution in [1.82, 2.24) is 9.88 Å². The molecule has 3 rings (SSSR count). The highest BCUT2D eigenvalue weighted by Gasteiger charge is 2.30. The lowest BCUT2D eigenvalue weighted by Crippen LogP contribution is -2.40. The van der Waals surface area contributed by atoms with Gasteiger partial charge in [-0.05, 0) is 11.6 Å². The van der Waals surface area contributed by atoms with Gasteiger partial charge in [-0.15, -0.1) is 0 Å². The molecule has 2 heterocycles. The molecule has 110 valence electrons. The van der Waals surface area contributed by atoms with Crippen molar-refractivity contribution in [3.63, 3.8) is 0 Å². The molecule has 1 saturated heterocycles. The fourth-order valence-electron chi connectivity index (χ4n) is 2.57. The smallest absolute Gasteiger partial charge is 0.253 e. The molecule has 1 aliphatic heterocycles. The van der Waals surface area contributed by atoms with E-state index < -0.39 is 12.2 Å². The van der Waals surface area contributed by atoms with Crippen molar-refractivity contribution in [2.24, 2.45) is 7.05 Å². The maximum absolute atomic E-state index is 13.5. The average molecular weight is 288 g/mol. The van der Waals surface area contributed by atoms with Crippen LogP contribution in [0.5, 0.6) is 0 Å². The lowest BCUT2D eigenvalue weighted by Gasteiger charge is -2.14. The number of hydrogen-bond acceptors (Lipinski definition) is 2. The summed E-state index contributed by atoms with van der Waals surface area (Å²) in [5, 5.41) is 2.72. The molecule has 0 saturated carbocycles. The summed E-state index contributed by atoms with van der Waals surface area (Å²) < 4.78 is 20.5. The third-order valence-corrected chi connectivity index (χ3v) is 3.69. The Balaban J connectivity index is 1.87. The minimum atomic E-state index is -1.14. The predicted octanol–water partition coefficient (Wildman–Crippen LogP) is 2.16. The summed E-state index contributed by atoms with van der Waals surface area (Å²) in [4.78, 5) is 12.4. The minimum Gasteiger partial charge on any atom is -0.376 e. The van der Waals surface area contributed by atoms with Gasteiger partial charge in [0.1, 0.15) is 6.17 Å². The molecule has 0 unspecified atom stereocenters. The van der Waals surface area contributed by atoms with Crippen LogP contribution in [-0.2, 0) is 11.8 Å². The summed E-state index contributed by atoms with van der Waals surface area (Å²) in [6.45, 7) is 0.270. The van der Waals surface area contributed by atoms with E-state index in [2.05, 4.69) is 5.32 Å². The van der Waals surface area contributed by atoms with Crippen molar-refractivity contribution in [3.8, 4) is 11.3 Å². The highest BCUT2D eigenvalue weighted by atomic mass is 19.1. The van der Waals surface area contributed by atoms with Gasteiger partial charge in [-0.2, -0.15) is 0 Å². The number of benzene rings is 1. The number of hydrogen-bond donors (Lipinski definition) is 1. The Hall–Kier alpha value is -2.14. The van der Waals surface area contributed by atoms with E-state index >= 15 is 0 Å². The van der Waals surface area contributed by atoms with E-state index in [4.69, 9.17) is 4.74 Å². The molecular weight excluding hydrogens is 271 g/mol. The normalized spacial score (nSPS) is 21.4. The van der Waals surface area contributed by atoms with Gasteiger partial charge in [-0.25, -0.2) is 4.39 Å². The molecule has 0 spiro atoms. The number of rotatable bonds is 3. The summed E-state index contributed by atoms with van der Waals surface area (Å²) in [7, 11) is 1.88. The van der Waals surface area contributed by atoms with Crippen molar-refractivity contribution >= 4 is 5.91 Å². The monoisotopic (exact) mass is 288 g/mol. The van der Waals surface area contributed by atoms with Crippen LogP contribution in [0.15, 0.2) is 42.6 Å². The highest BCUT2D eigenvalue weighted by Crippen LogP contribution is 2.24. The molecule has 0 radical (unpaired) electrons. The zero-order valence-corrected chi connectivity index (χ0v) is 11.8. The number of halogens is 1. The molecule has 21 heavy (non-hydrogen) atoms. The molecule has 1 N–H and O–H groups in total. The second-order valence-electron chi connectivity index (χ2n) is 5.19. The second kappa shape index (κ2) is 5.69. The number of nitrogens with one attached hydrogen (secondary N) is 1. The van der Waals surface area contributed by atoms with E-state index in [9.17, 15) is 9.18 Å². The molecular formula is C16H17FN2O2. The lowest BCUT2D eigenvalue weighted by atomic mass is 10.1. The Morgan fingerprint density at radius 3 is 2.71 bits per heavy atom. The molecule has 0 aliphatic carbocycles.